The summed E-state index contributed by atoms with van der Waals surface area (Å²) < 4.78 is 0. The molecule has 0 amide bonds. The Morgan fingerprint density at radius 1 is 0.483 bits per heavy atom. The highest BCUT2D eigenvalue weighted by Crippen LogP contribution is 2.52. The molecule has 0 saturated carbocycles. The molecule has 7 rings (SSSR count). The first-order valence-electron chi connectivity index (χ1n) is 21.3. The Kier molecular flexibility index (Phi) is 10.8. The minimum atomic E-state index is 0.0621. The third-order valence-corrected chi connectivity index (χ3v) is 12.3. The van der Waals surface area contributed by atoms with Gasteiger partial charge in [-0.2, -0.15) is 0 Å². The molecule has 0 bridgehead atoms. The van der Waals surface area contributed by atoms with Gasteiger partial charge in [-0.15, -0.1) is 0 Å². The topological polar surface area (TPSA) is 20.2 Å². The molecule has 0 spiro atoms. The first kappa shape index (κ1) is 41.0. The molecule has 5 aromatic carbocycles. The molecule has 0 heterocycles. The van der Waals surface area contributed by atoms with Gasteiger partial charge in [-0.3, -0.25) is 0 Å². The van der Waals surface area contributed by atoms with Crippen molar-refractivity contribution in [2.24, 2.45) is 0 Å². The Morgan fingerprint density at radius 3 is 1.34 bits per heavy atom. The summed E-state index contributed by atoms with van der Waals surface area (Å²) >= 11 is 0. The maximum absolute atomic E-state index is 10.6. The molecule has 1 heteroatoms. The van der Waals surface area contributed by atoms with Crippen molar-refractivity contribution in [3.05, 3.63) is 195 Å². The lowest BCUT2D eigenvalue weighted by molar-refractivity contribution is 0.475. The minimum absolute atomic E-state index is 0.0621. The van der Waals surface area contributed by atoms with Crippen molar-refractivity contribution in [2.45, 2.75) is 124 Å². The fourth-order valence-electron chi connectivity index (χ4n) is 8.55. The number of phenolic OH excluding ortho intramolecular Hbond substituents is 1. The van der Waals surface area contributed by atoms with Crippen LogP contribution in [0.3, 0.4) is 0 Å². The van der Waals surface area contributed by atoms with E-state index < -0.39 is 0 Å². The molecule has 1 unspecified atom stereocenters. The maximum atomic E-state index is 10.6. The predicted octanol–water partition coefficient (Wildman–Crippen LogP) is 15.5. The third kappa shape index (κ3) is 8.66. The van der Waals surface area contributed by atoms with Crippen LogP contribution in [0.5, 0.6) is 5.75 Å². The van der Waals surface area contributed by atoms with E-state index in [2.05, 4.69) is 204 Å². The van der Waals surface area contributed by atoms with E-state index in [4.69, 9.17) is 0 Å². The van der Waals surface area contributed by atoms with Gasteiger partial charge in [0.25, 0.3) is 0 Å². The van der Waals surface area contributed by atoms with Crippen molar-refractivity contribution < 1.29 is 5.11 Å². The summed E-state index contributed by atoms with van der Waals surface area (Å²) in [6, 6.07) is 45.1. The highest BCUT2D eigenvalue weighted by molar-refractivity contribution is 6.06. The van der Waals surface area contributed by atoms with Crippen LogP contribution in [-0.2, 0) is 21.7 Å². The van der Waals surface area contributed by atoms with Gasteiger partial charge < -0.3 is 5.11 Å². The molecule has 0 aliphatic heterocycles. The summed E-state index contributed by atoms with van der Waals surface area (Å²) in [6.07, 6.45) is 6.68. The molecule has 0 fully saturated rings. The van der Waals surface area contributed by atoms with E-state index >= 15 is 0 Å². The summed E-state index contributed by atoms with van der Waals surface area (Å²) in [4.78, 5) is 0. The van der Waals surface area contributed by atoms with E-state index in [1.807, 2.05) is 12.1 Å². The molecular weight excluding hydrogens is 701 g/mol. The second kappa shape index (κ2) is 15.2. The van der Waals surface area contributed by atoms with Gasteiger partial charge in [0, 0.05) is 5.92 Å². The molecule has 0 saturated heterocycles. The molecular formula is C57H64O. The third-order valence-electron chi connectivity index (χ3n) is 12.3. The van der Waals surface area contributed by atoms with Crippen molar-refractivity contribution in [1.29, 1.82) is 0 Å². The second-order valence-corrected chi connectivity index (χ2v) is 20.9. The van der Waals surface area contributed by atoms with Gasteiger partial charge in [0.05, 0.1) is 0 Å². The predicted molar refractivity (Wildman–Crippen MR) is 250 cm³/mol. The van der Waals surface area contributed by atoms with Crippen LogP contribution in [0.2, 0.25) is 0 Å². The fourth-order valence-corrected chi connectivity index (χ4v) is 8.55. The Bertz CT molecular complexity index is 2400. The Labute approximate surface area is 350 Å². The van der Waals surface area contributed by atoms with Gasteiger partial charge >= 0.3 is 0 Å². The van der Waals surface area contributed by atoms with E-state index in [1.165, 1.54) is 77.9 Å². The lowest BCUT2D eigenvalue weighted by atomic mass is 9.82. The summed E-state index contributed by atoms with van der Waals surface area (Å²) in [7, 11) is 0. The number of phenols is 1. The smallest absolute Gasteiger partial charge is 0.115 e. The van der Waals surface area contributed by atoms with Crippen molar-refractivity contribution in [3.8, 4) is 5.75 Å². The minimum Gasteiger partial charge on any atom is -0.508 e. The van der Waals surface area contributed by atoms with Crippen LogP contribution in [0, 0.1) is 0 Å². The first-order chi connectivity index (χ1) is 27.2. The molecule has 2 aliphatic rings. The van der Waals surface area contributed by atoms with Gasteiger partial charge in [-0.1, -0.05) is 198 Å². The van der Waals surface area contributed by atoms with E-state index in [1.54, 1.807) is 0 Å². The lowest BCUT2D eigenvalue weighted by Gasteiger charge is -2.22. The van der Waals surface area contributed by atoms with E-state index in [9.17, 15) is 5.11 Å². The van der Waals surface area contributed by atoms with Crippen molar-refractivity contribution in [1.82, 2.24) is 0 Å². The van der Waals surface area contributed by atoms with Crippen molar-refractivity contribution in [2.75, 3.05) is 0 Å². The largest absolute Gasteiger partial charge is 0.508 e. The van der Waals surface area contributed by atoms with Gasteiger partial charge in [0.2, 0.25) is 0 Å². The lowest BCUT2D eigenvalue weighted by Crippen LogP contribution is -2.10. The molecule has 298 valence electrons. The summed E-state index contributed by atoms with van der Waals surface area (Å²) in [6.45, 7) is 27.4. The number of hydrogen-bond acceptors (Lipinski definition) is 1. The second-order valence-electron chi connectivity index (χ2n) is 20.9. The SMILES string of the molecule is CC(C)(C)c1ccc(C2=CC(c3ccc(C(C)(C)C)cc3)=C(/C(=C3\CC(c4ccc(C(C)(C)C)cc4)C=C3c3ccc(C(C)(C)C)cc3)c3ccc(O)cc3)C2)cc1. The Hall–Kier alpha value is -5.14. The van der Waals surface area contributed by atoms with Crippen LogP contribution in [0.4, 0.5) is 0 Å². The van der Waals surface area contributed by atoms with E-state index in [0.29, 0.717) is 0 Å². The summed E-state index contributed by atoms with van der Waals surface area (Å²) in [5, 5.41) is 10.6. The van der Waals surface area contributed by atoms with E-state index in [-0.39, 0.29) is 33.3 Å². The molecule has 5 aromatic rings. The average Bonchev–Trinajstić information content (AvgIpc) is 3.81. The molecule has 0 aromatic heterocycles. The molecule has 2 aliphatic carbocycles. The van der Waals surface area contributed by atoms with Crippen LogP contribution in [-0.4, -0.2) is 5.11 Å². The van der Waals surface area contributed by atoms with Gasteiger partial charge in [-0.05, 0) is 136 Å². The number of benzene rings is 5. The van der Waals surface area contributed by atoms with Crippen LogP contribution in [0.25, 0.3) is 22.3 Å². The highest BCUT2D eigenvalue weighted by Gasteiger charge is 2.32. The van der Waals surface area contributed by atoms with Crippen LogP contribution in [0.1, 0.15) is 152 Å². The summed E-state index contributed by atoms with van der Waals surface area (Å²) in [5.74, 6) is 0.503. The normalized spacial score (nSPS) is 17.4. The zero-order chi connectivity index (χ0) is 41.8. The van der Waals surface area contributed by atoms with Crippen LogP contribution >= 0.6 is 0 Å². The zero-order valence-electron chi connectivity index (χ0n) is 37.1. The standard InChI is InChI=1S/C57H64O/c1-54(2,3)44-23-13-37(14-24-44)42-33-49(39-17-27-46(28-18-39)56(7,8)9)51(35-42)53(41-21-31-48(58)32-22-41)52-36-43(38-15-25-45(26-16-38)55(4,5)6)34-50(52)40-19-29-47(30-20-40)57(10,11)12/h13-34,42,58H,35-36H2,1-12H3/b53-51+. The van der Waals surface area contributed by atoms with Crippen molar-refractivity contribution in [3.63, 3.8) is 0 Å². The Balaban J connectivity index is 1.46. The van der Waals surface area contributed by atoms with Gasteiger partial charge in [0.1, 0.15) is 5.75 Å². The van der Waals surface area contributed by atoms with E-state index in [0.717, 1.165) is 18.4 Å². The monoisotopic (exact) mass is 764 g/mol. The quantitative estimate of drug-likeness (QED) is 0.183. The van der Waals surface area contributed by atoms with Gasteiger partial charge in [-0.25, -0.2) is 0 Å². The molecule has 1 atom stereocenters. The number of rotatable bonds is 6. The number of allylic oxidation sites excluding steroid dienone is 8. The van der Waals surface area contributed by atoms with Crippen LogP contribution in [0.15, 0.2) is 145 Å². The Morgan fingerprint density at radius 2 is 0.897 bits per heavy atom. The molecule has 0 radical (unpaired) electrons. The number of aromatic hydroxyl groups is 1. The maximum Gasteiger partial charge on any atom is 0.115 e. The molecule has 58 heavy (non-hydrogen) atoms. The average molecular weight is 765 g/mol. The fraction of sp³-hybridized carbons (Fsp3) is 0.333. The van der Waals surface area contributed by atoms with Crippen molar-refractivity contribution >= 4 is 22.3 Å². The molecule has 1 nitrogen and oxygen atoms in total. The number of hydrogen-bond donors (Lipinski definition) is 1. The summed E-state index contributed by atoms with van der Waals surface area (Å²) in [5.41, 5.74) is 19.7. The first-order valence-corrected chi connectivity index (χ1v) is 21.3. The van der Waals surface area contributed by atoms with Crippen LogP contribution < -0.4 is 0 Å². The zero-order valence-corrected chi connectivity index (χ0v) is 37.1. The molecule has 1 N–H and O–H groups in total. The highest BCUT2D eigenvalue weighted by atomic mass is 16.3. The van der Waals surface area contributed by atoms with Gasteiger partial charge in [0.15, 0.2) is 0 Å².